The van der Waals surface area contributed by atoms with Gasteiger partial charge in [0.05, 0.1) is 22.9 Å². The van der Waals surface area contributed by atoms with Crippen LogP contribution in [0.15, 0.2) is 33.4 Å². The number of ether oxygens (including phenoxy) is 1. The van der Waals surface area contributed by atoms with E-state index < -0.39 is 12.1 Å². The smallest absolute Gasteiger partial charge is 0.339 e. The van der Waals surface area contributed by atoms with Crippen molar-refractivity contribution in [3.8, 4) is 11.5 Å². The van der Waals surface area contributed by atoms with Gasteiger partial charge in [0.15, 0.2) is 11.9 Å². The highest BCUT2D eigenvalue weighted by molar-refractivity contribution is 6.04. The van der Waals surface area contributed by atoms with E-state index in [9.17, 15) is 9.59 Å². The van der Waals surface area contributed by atoms with Crippen molar-refractivity contribution in [2.24, 2.45) is 0 Å². The second-order valence-corrected chi connectivity index (χ2v) is 6.19. The standard InChI is InChI=1S/C18H19N3O5/c1-9(2)19-16(22)11(4)25-18(23)12-8-13(14-6-5-7-24-14)20-17-15(12)10(3)21-26-17/h5-9,11H,1-4H3,(H,19,22). The summed E-state index contributed by atoms with van der Waals surface area (Å²) in [5.41, 5.74) is 1.32. The van der Waals surface area contributed by atoms with Crippen LogP contribution >= 0.6 is 0 Å². The zero-order valence-corrected chi connectivity index (χ0v) is 14.9. The predicted octanol–water partition coefficient (Wildman–Crippen LogP) is 2.86. The molecule has 1 atom stereocenters. The van der Waals surface area contributed by atoms with Crippen molar-refractivity contribution in [1.29, 1.82) is 0 Å². The minimum Gasteiger partial charge on any atom is -0.463 e. The molecule has 0 saturated carbocycles. The number of aromatic nitrogens is 2. The van der Waals surface area contributed by atoms with Gasteiger partial charge in [-0.05, 0) is 45.9 Å². The summed E-state index contributed by atoms with van der Waals surface area (Å²) in [6.45, 7) is 6.87. The van der Waals surface area contributed by atoms with Crippen LogP contribution < -0.4 is 5.32 Å². The number of furan rings is 1. The van der Waals surface area contributed by atoms with Gasteiger partial charge in [0.1, 0.15) is 5.69 Å². The second-order valence-electron chi connectivity index (χ2n) is 6.19. The first-order valence-electron chi connectivity index (χ1n) is 8.19. The Balaban J connectivity index is 1.96. The number of carbonyl (C=O) groups excluding carboxylic acids is 2. The molecule has 1 unspecified atom stereocenters. The number of carbonyl (C=O) groups is 2. The average Bonchev–Trinajstić information content (AvgIpc) is 3.23. The lowest BCUT2D eigenvalue weighted by atomic mass is 10.1. The van der Waals surface area contributed by atoms with Crippen molar-refractivity contribution in [1.82, 2.24) is 15.5 Å². The molecule has 26 heavy (non-hydrogen) atoms. The first-order chi connectivity index (χ1) is 12.4. The van der Waals surface area contributed by atoms with Gasteiger partial charge in [-0.15, -0.1) is 0 Å². The molecule has 1 N–H and O–H groups in total. The van der Waals surface area contributed by atoms with Gasteiger partial charge in [0.25, 0.3) is 11.6 Å². The first-order valence-corrected chi connectivity index (χ1v) is 8.19. The van der Waals surface area contributed by atoms with Crippen molar-refractivity contribution >= 4 is 23.0 Å². The maximum atomic E-state index is 12.7. The van der Waals surface area contributed by atoms with Gasteiger partial charge in [0.2, 0.25) is 0 Å². The van der Waals surface area contributed by atoms with Gasteiger partial charge in [-0.1, -0.05) is 5.16 Å². The van der Waals surface area contributed by atoms with Gasteiger partial charge in [0, 0.05) is 6.04 Å². The molecular weight excluding hydrogens is 338 g/mol. The second kappa shape index (κ2) is 6.99. The molecule has 0 saturated heterocycles. The highest BCUT2D eigenvalue weighted by Crippen LogP contribution is 2.28. The fraction of sp³-hybridized carbons (Fsp3) is 0.333. The third-order valence-corrected chi connectivity index (χ3v) is 3.69. The lowest BCUT2D eigenvalue weighted by Crippen LogP contribution is -2.39. The van der Waals surface area contributed by atoms with Crippen molar-refractivity contribution in [2.75, 3.05) is 0 Å². The summed E-state index contributed by atoms with van der Waals surface area (Å²) in [4.78, 5) is 29.0. The van der Waals surface area contributed by atoms with Crippen LogP contribution in [0, 0.1) is 6.92 Å². The zero-order valence-electron chi connectivity index (χ0n) is 14.9. The molecule has 0 aromatic carbocycles. The van der Waals surface area contributed by atoms with Crippen LogP contribution in [0.4, 0.5) is 0 Å². The van der Waals surface area contributed by atoms with Crippen LogP contribution in [-0.2, 0) is 9.53 Å². The lowest BCUT2D eigenvalue weighted by molar-refractivity contribution is -0.129. The van der Waals surface area contributed by atoms with Gasteiger partial charge in [-0.25, -0.2) is 9.78 Å². The SMILES string of the molecule is Cc1noc2nc(-c3ccco3)cc(C(=O)OC(C)C(=O)NC(C)C)c12. The zero-order chi connectivity index (χ0) is 18.8. The number of hydrogen-bond donors (Lipinski definition) is 1. The van der Waals surface area contributed by atoms with Crippen molar-refractivity contribution in [3.63, 3.8) is 0 Å². The fourth-order valence-electron chi connectivity index (χ4n) is 2.49. The Morgan fingerprint density at radius 3 is 2.69 bits per heavy atom. The summed E-state index contributed by atoms with van der Waals surface area (Å²) in [6.07, 6.45) is 0.559. The highest BCUT2D eigenvalue weighted by atomic mass is 16.5. The molecule has 0 aliphatic rings. The molecule has 0 fully saturated rings. The molecule has 8 heteroatoms. The lowest BCUT2D eigenvalue weighted by Gasteiger charge is -2.15. The maximum Gasteiger partial charge on any atom is 0.339 e. The summed E-state index contributed by atoms with van der Waals surface area (Å²) in [7, 11) is 0. The minimum atomic E-state index is -0.944. The summed E-state index contributed by atoms with van der Waals surface area (Å²) >= 11 is 0. The Kier molecular flexibility index (Phi) is 4.75. The molecule has 0 aliphatic heterocycles. The quantitative estimate of drug-likeness (QED) is 0.700. The topological polar surface area (TPSA) is 107 Å². The van der Waals surface area contributed by atoms with Gasteiger partial charge >= 0.3 is 5.97 Å². The number of amides is 1. The van der Waals surface area contributed by atoms with Crippen LogP contribution in [0.1, 0.15) is 36.8 Å². The normalized spacial score (nSPS) is 12.3. The molecule has 3 heterocycles. The Morgan fingerprint density at radius 2 is 2.04 bits per heavy atom. The molecule has 0 radical (unpaired) electrons. The van der Waals surface area contributed by atoms with E-state index in [1.807, 2.05) is 13.8 Å². The molecule has 1 amide bonds. The number of hydrogen-bond acceptors (Lipinski definition) is 7. The fourth-order valence-corrected chi connectivity index (χ4v) is 2.49. The monoisotopic (exact) mass is 357 g/mol. The third kappa shape index (κ3) is 3.44. The Bertz CT molecular complexity index is 943. The molecule has 8 nitrogen and oxygen atoms in total. The summed E-state index contributed by atoms with van der Waals surface area (Å²) in [6, 6.07) is 4.91. The van der Waals surface area contributed by atoms with Crippen LogP contribution in [0.5, 0.6) is 0 Å². The number of aryl methyl sites for hydroxylation is 1. The van der Waals surface area contributed by atoms with E-state index >= 15 is 0 Å². The summed E-state index contributed by atoms with van der Waals surface area (Å²) in [5.74, 6) is -0.560. The van der Waals surface area contributed by atoms with E-state index in [2.05, 4.69) is 15.5 Å². The number of rotatable bonds is 5. The summed E-state index contributed by atoms with van der Waals surface area (Å²) in [5, 5.41) is 7.01. The average molecular weight is 357 g/mol. The van der Waals surface area contributed by atoms with Crippen molar-refractivity contribution < 1.29 is 23.3 Å². The number of pyridine rings is 1. The highest BCUT2D eigenvalue weighted by Gasteiger charge is 2.25. The van der Waals surface area contributed by atoms with E-state index in [4.69, 9.17) is 13.7 Å². The van der Waals surface area contributed by atoms with Gasteiger partial charge < -0.3 is 19.0 Å². The molecule has 0 bridgehead atoms. The molecule has 3 aromatic rings. The van der Waals surface area contributed by atoms with Crippen molar-refractivity contribution in [2.45, 2.75) is 39.8 Å². The van der Waals surface area contributed by atoms with E-state index in [0.29, 0.717) is 22.5 Å². The van der Waals surface area contributed by atoms with Crippen LogP contribution in [0.2, 0.25) is 0 Å². The maximum absolute atomic E-state index is 12.7. The molecular formula is C18H19N3O5. The van der Waals surface area contributed by atoms with Crippen molar-refractivity contribution in [3.05, 3.63) is 35.7 Å². The van der Waals surface area contributed by atoms with E-state index in [-0.39, 0.29) is 23.2 Å². The molecule has 0 aliphatic carbocycles. The van der Waals surface area contributed by atoms with E-state index in [1.54, 1.807) is 25.1 Å². The largest absolute Gasteiger partial charge is 0.463 e. The predicted molar refractivity (Wildman–Crippen MR) is 92.4 cm³/mol. The Labute approximate surface area is 149 Å². The summed E-state index contributed by atoms with van der Waals surface area (Å²) < 4.78 is 15.9. The molecule has 0 spiro atoms. The molecule has 3 rings (SSSR count). The van der Waals surface area contributed by atoms with E-state index in [1.165, 1.54) is 13.2 Å². The number of esters is 1. The van der Waals surface area contributed by atoms with Gasteiger partial charge in [-0.2, -0.15) is 0 Å². The van der Waals surface area contributed by atoms with Crippen LogP contribution in [-0.4, -0.2) is 34.2 Å². The molecule has 3 aromatic heterocycles. The minimum absolute atomic E-state index is 0.0536. The molecule has 136 valence electrons. The number of fused-ring (bicyclic) bond motifs is 1. The Hall–Kier alpha value is -3.16. The Morgan fingerprint density at radius 1 is 1.27 bits per heavy atom. The third-order valence-electron chi connectivity index (χ3n) is 3.69. The number of nitrogens with zero attached hydrogens (tertiary/aromatic N) is 2. The van der Waals surface area contributed by atoms with Crippen LogP contribution in [0.25, 0.3) is 22.6 Å². The first kappa shape index (κ1) is 17.7. The van der Waals surface area contributed by atoms with Gasteiger partial charge in [-0.3, -0.25) is 4.79 Å². The van der Waals surface area contributed by atoms with E-state index in [0.717, 1.165) is 0 Å². The van der Waals surface area contributed by atoms with Crippen LogP contribution in [0.3, 0.4) is 0 Å². The number of nitrogens with one attached hydrogen (secondary N) is 1.